The van der Waals surface area contributed by atoms with E-state index in [1.54, 1.807) is 23.1 Å². The number of anilines is 3. The Morgan fingerprint density at radius 2 is 1.93 bits per heavy atom. The normalized spacial score (nSPS) is 13.8. The molecule has 2 aromatic heterocycles. The fraction of sp³-hybridized carbons (Fsp3) is 0.238. The maximum Gasteiger partial charge on any atom is 0.289 e. The number of hydrogen-bond donors (Lipinski definition) is 1. The highest BCUT2D eigenvalue weighted by atomic mass is 16.3. The predicted molar refractivity (Wildman–Crippen MR) is 108 cm³/mol. The van der Waals surface area contributed by atoms with E-state index in [-0.39, 0.29) is 5.91 Å². The van der Waals surface area contributed by atoms with Crippen LogP contribution in [0.1, 0.15) is 21.8 Å². The van der Waals surface area contributed by atoms with Crippen molar-refractivity contribution in [1.29, 1.82) is 5.26 Å². The lowest BCUT2D eigenvalue weighted by Crippen LogP contribution is -2.49. The molecule has 8 heteroatoms. The third-order valence-corrected chi connectivity index (χ3v) is 4.73. The van der Waals surface area contributed by atoms with Crippen molar-refractivity contribution in [2.24, 2.45) is 0 Å². The molecule has 1 fully saturated rings. The summed E-state index contributed by atoms with van der Waals surface area (Å²) in [5, 5.41) is 12.5. The molecule has 0 saturated carbocycles. The zero-order valence-corrected chi connectivity index (χ0v) is 16.0. The van der Waals surface area contributed by atoms with Crippen molar-refractivity contribution in [3.63, 3.8) is 0 Å². The number of nitrogens with one attached hydrogen (secondary N) is 1. The number of rotatable bonds is 4. The van der Waals surface area contributed by atoms with Crippen molar-refractivity contribution >= 4 is 23.4 Å². The van der Waals surface area contributed by atoms with Crippen LogP contribution < -0.4 is 10.2 Å². The molecule has 1 aliphatic rings. The van der Waals surface area contributed by atoms with Crippen LogP contribution in [-0.4, -0.2) is 47.0 Å². The van der Waals surface area contributed by atoms with Gasteiger partial charge in [-0.2, -0.15) is 10.2 Å². The molecular formula is C21H20N6O2. The maximum absolute atomic E-state index is 12.4. The van der Waals surface area contributed by atoms with E-state index in [1.165, 1.54) is 6.26 Å². The smallest absolute Gasteiger partial charge is 0.289 e. The molecule has 1 saturated heterocycles. The quantitative estimate of drug-likeness (QED) is 0.734. The van der Waals surface area contributed by atoms with Crippen LogP contribution in [0.25, 0.3) is 0 Å². The van der Waals surface area contributed by atoms with Crippen LogP contribution in [0.3, 0.4) is 0 Å². The summed E-state index contributed by atoms with van der Waals surface area (Å²) in [7, 11) is 0. The van der Waals surface area contributed by atoms with Crippen LogP contribution >= 0.6 is 0 Å². The van der Waals surface area contributed by atoms with E-state index in [0.29, 0.717) is 55.0 Å². The number of aryl methyl sites for hydroxylation is 1. The number of carbonyl (C=O) groups is 1. The zero-order chi connectivity index (χ0) is 20.2. The molecule has 8 nitrogen and oxygen atoms in total. The number of amides is 1. The highest BCUT2D eigenvalue weighted by molar-refractivity contribution is 5.91. The van der Waals surface area contributed by atoms with Crippen LogP contribution in [-0.2, 0) is 0 Å². The van der Waals surface area contributed by atoms with Crippen LogP contribution in [0.5, 0.6) is 0 Å². The molecule has 146 valence electrons. The van der Waals surface area contributed by atoms with Crippen molar-refractivity contribution in [1.82, 2.24) is 14.9 Å². The standard InChI is InChI=1S/C21H20N6O2/c1-15-13-19(24-17-6-3-2-5-16(17)14-22)25-21(23-15)27-10-8-26(9-11-27)20(28)18-7-4-12-29-18/h2-7,12-13H,8-11H2,1H3,(H,23,24,25). The van der Waals surface area contributed by atoms with Crippen molar-refractivity contribution in [3.05, 3.63) is 65.7 Å². The lowest BCUT2D eigenvalue weighted by atomic mass is 10.2. The monoisotopic (exact) mass is 388 g/mol. The first-order chi connectivity index (χ1) is 14.1. The molecule has 1 aromatic carbocycles. The number of nitrogens with zero attached hydrogens (tertiary/aromatic N) is 5. The summed E-state index contributed by atoms with van der Waals surface area (Å²) in [6, 6.07) is 14.7. The second kappa shape index (κ2) is 8.02. The molecule has 1 aliphatic heterocycles. The van der Waals surface area contributed by atoms with Gasteiger partial charge in [0.05, 0.1) is 17.5 Å². The summed E-state index contributed by atoms with van der Waals surface area (Å²) in [5.41, 5.74) is 2.07. The summed E-state index contributed by atoms with van der Waals surface area (Å²) in [5.74, 6) is 1.49. The molecular weight excluding hydrogens is 368 g/mol. The number of aromatic nitrogens is 2. The molecule has 0 atom stereocenters. The van der Waals surface area contributed by atoms with E-state index in [4.69, 9.17) is 4.42 Å². The van der Waals surface area contributed by atoms with E-state index in [2.05, 4.69) is 26.3 Å². The number of hydrogen-bond acceptors (Lipinski definition) is 7. The SMILES string of the molecule is Cc1cc(Nc2ccccc2C#N)nc(N2CCN(C(=O)c3ccco3)CC2)n1. The van der Waals surface area contributed by atoms with E-state index in [1.807, 2.05) is 31.2 Å². The first-order valence-electron chi connectivity index (χ1n) is 9.33. The molecule has 0 aliphatic carbocycles. The van der Waals surface area contributed by atoms with E-state index >= 15 is 0 Å². The average Bonchev–Trinajstić information content (AvgIpc) is 3.28. The molecule has 0 radical (unpaired) electrons. The highest BCUT2D eigenvalue weighted by Gasteiger charge is 2.25. The van der Waals surface area contributed by atoms with Crippen LogP contribution in [0, 0.1) is 18.3 Å². The number of para-hydroxylation sites is 1. The second-order valence-corrected chi connectivity index (χ2v) is 6.73. The minimum absolute atomic E-state index is 0.102. The molecule has 1 amide bonds. The van der Waals surface area contributed by atoms with Gasteiger partial charge in [-0.25, -0.2) is 4.98 Å². The molecule has 0 spiro atoms. The van der Waals surface area contributed by atoms with Gasteiger partial charge in [0.1, 0.15) is 11.9 Å². The van der Waals surface area contributed by atoms with E-state index in [9.17, 15) is 10.1 Å². The van der Waals surface area contributed by atoms with Crippen molar-refractivity contribution < 1.29 is 9.21 Å². The Balaban J connectivity index is 1.47. The molecule has 29 heavy (non-hydrogen) atoms. The van der Waals surface area contributed by atoms with Crippen molar-refractivity contribution in [2.75, 3.05) is 36.4 Å². The minimum Gasteiger partial charge on any atom is -0.459 e. The Kier molecular flexibility index (Phi) is 5.12. The van der Waals surface area contributed by atoms with Gasteiger partial charge in [0.25, 0.3) is 5.91 Å². The van der Waals surface area contributed by atoms with Gasteiger partial charge in [-0.1, -0.05) is 12.1 Å². The summed E-state index contributed by atoms with van der Waals surface area (Å²) >= 11 is 0. The number of benzene rings is 1. The fourth-order valence-corrected chi connectivity index (χ4v) is 3.25. The van der Waals surface area contributed by atoms with Gasteiger partial charge in [0.2, 0.25) is 5.95 Å². The lowest BCUT2D eigenvalue weighted by Gasteiger charge is -2.34. The number of furan rings is 1. The van der Waals surface area contributed by atoms with Gasteiger partial charge >= 0.3 is 0 Å². The predicted octanol–water partition coefficient (Wildman–Crippen LogP) is 2.96. The first-order valence-corrected chi connectivity index (χ1v) is 9.33. The van der Waals surface area contributed by atoms with Crippen molar-refractivity contribution in [3.8, 4) is 6.07 Å². The Morgan fingerprint density at radius 1 is 1.14 bits per heavy atom. The third kappa shape index (κ3) is 4.04. The number of carbonyl (C=O) groups excluding carboxylic acids is 1. The Hall–Kier alpha value is -3.86. The van der Waals surface area contributed by atoms with Crippen LogP contribution in [0.2, 0.25) is 0 Å². The number of piperazine rings is 1. The largest absolute Gasteiger partial charge is 0.459 e. The van der Waals surface area contributed by atoms with Crippen LogP contribution in [0.4, 0.5) is 17.5 Å². The Labute approximate surface area is 168 Å². The average molecular weight is 388 g/mol. The minimum atomic E-state index is -0.102. The van der Waals surface area contributed by atoms with Gasteiger partial charge in [-0.3, -0.25) is 4.79 Å². The Bertz CT molecular complexity index is 1050. The second-order valence-electron chi connectivity index (χ2n) is 6.73. The summed E-state index contributed by atoms with van der Waals surface area (Å²) < 4.78 is 5.21. The van der Waals surface area contributed by atoms with E-state index in [0.717, 1.165) is 5.69 Å². The molecule has 4 rings (SSSR count). The van der Waals surface area contributed by atoms with Gasteiger partial charge in [0, 0.05) is 37.9 Å². The van der Waals surface area contributed by atoms with Gasteiger partial charge < -0.3 is 19.5 Å². The summed E-state index contributed by atoms with van der Waals surface area (Å²) in [6.45, 7) is 4.30. The Morgan fingerprint density at radius 3 is 2.66 bits per heavy atom. The topological polar surface area (TPSA) is 98.3 Å². The van der Waals surface area contributed by atoms with Gasteiger partial charge in [0.15, 0.2) is 5.76 Å². The number of nitriles is 1. The molecule has 0 bridgehead atoms. The lowest BCUT2D eigenvalue weighted by molar-refractivity contribution is 0.0714. The molecule has 3 aromatic rings. The van der Waals surface area contributed by atoms with Gasteiger partial charge in [-0.15, -0.1) is 0 Å². The molecule has 1 N–H and O–H groups in total. The van der Waals surface area contributed by atoms with E-state index < -0.39 is 0 Å². The fourth-order valence-electron chi connectivity index (χ4n) is 3.25. The third-order valence-electron chi connectivity index (χ3n) is 4.73. The highest BCUT2D eigenvalue weighted by Crippen LogP contribution is 2.22. The molecule has 3 heterocycles. The summed E-state index contributed by atoms with van der Waals surface area (Å²) in [6.07, 6.45) is 1.50. The van der Waals surface area contributed by atoms with Gasteiger partial charge in [-0.05, 0) is 31.2 Å². The first kappa shape index (κ1) is 18.5. The van der Waals surface area contributed by atoms with Crippen LogP contribution in [0.15, 0.2) is 53.1 Å². The van der Waals surface area contributed by atoms with Crippen molar-refractivity contribution in [2.45, 2.75) is 6.92 Å². The molecule has 0 unspecified atom stereocenters. The maximum atomic E-state index is 12.4. The summed E-state index contributed by atoms with van der Waals surface area (Å²) in [4.78, 5) is 25.4. The zero-order valence-electron chi connectivity index (χ0n) is 16.0.